The van der Waals surface area contributed by atoms with Gasteiger partial charge in [0.2, 0.25) is 0 Å². The molecule has 0 saturated carbocycles. The molecule has 0 spiro atoms. The number of ether oxygens (including phenoxy) is 1. The minimum Gasteiger partial charge on any atom is -0.465 e. The Labute approximate surface area is 77.1 Å². The molecule has 0 radical (unpaired) electrons. The molecule has 0 amide bonds. The summed E-state index contributed by atoms with van der Waals surface area (Å²) in [5.41, 5.74) is -0.119. The summed E-state index contributed by atoms with van der Waals surface area (Å²) < 4.78 is 4.84. The van der Waals surface area contributed by atoms with Gasteiger partial charge >= 0.3 is 5.97 Å². The highest BCUT2D eigenvalue weighted by Crippen LogP contribution is 2.21. The van der Waals surface area contributed by atoms with E-state index in [0.717, 1.165) is 0 Å². The number of carbonyl (C=O) groups excluding carboxylic acids is 1. The summed E-state index contributed by atoms with van der Waals surface area (Å²) in [4.78, 5) is 10.5. The van der Waals surface area contributed by atoms with Crippen LogP contribution in [0.15, 0.2) is 0 Å². The van der Waals surface area contributed by atoms with Crippen LogP contribution in [0.5, 0.6) is 0 Å². The first-order valence-corrected chi connectivity index (χ1v) is 4.61. The van der Waals surface area contributed by atoms with E-state index in [2.05, 4.69) is 0 Å². The lowest BCUT2D eigenvalue weighted by Gasteiger charge is -2.21. The van der Waals surface area contributed by atoms with Crippen molar-refractivity contribution in [2.24, 2.45) is 5.41 Å². The third kappa shape index (κ3) is 6.05. The van der Waals surface area contributed by atoms with Gasteiger partial charge in [-0.2, -0.15) is 5.26 Å². The summed E-state index contributed by atoms with van der Waals surface area (Å²) in [6, 6.07) is 0. The average Bonchev–Trinajstić information content (AvgIpc) is 1.98. The lowest BCUT2D eigenvalue weighted by molar-refractivity contribution is -0.143. The molecule has 0 saturated heterocycles. The van der Waals surface area contributed by atoms with E-state index in [4.69, 9.17) is 10.00 Å². The molecule has 4 heteroatoms. The fourth-order valence-corrected chi connectivity index (χ4v) is 1.10. The van der Waals surface area contributed by atoms with Gasteiger partial charge in [0.15, 0.2) is 0 Å². The second kappa shape index (κ2) is 5.04. The van der Waals surface area contributed by atoms with Gasteiger partial charge in [-0.1, -0.05) is 13.8 Å². The SMILES string of the molecule is CC(=O)OCC(C)(C)CSC#N. The lowest BCUT2D eigenvalue weighted by atomic mass is 9.98. The topological polar surface area (TPSA) is 50.1 Å². The molecule has 3 nitrogen and oxygen atoms in total. The number of nitrogens with zero attached hydrogens (tertiary/aromatic N) is 1. The van der Waals surface area contributed by atoms with Gasteiger partial charge in [-0.05, 0) is 11.8 Å². The Hall–Kier alpha value is -0.690. The first kappa shape index (κ1) is 11.3. The molecule has 0 unspecified atom stereocenters. The Morgan fingerprint density at radius 1 is 1.67 bits per heavy atom. The first-order valence-electron chi connectivity index (χ1n) is 3.62. The zero-order valence-corrected chi connectivity index (χ0v) is 8.40. The Morgan fingerprint density at radius 2 is 2.25 bits per heavy atom. The highest BCUT2D eigenvalue weighted by atomic mass is 32.2. The number of hydrogen-bond acceptors (Lipinski definition) is 4. The van der Waals surface area contributed by atoms with E-state index in [1.807, 2.05) is 19.2 Å². The standard InChI is InChI=1S/C8H13NO2S/c1-7(10)11-4-8(2,3)5-12-6-9/h4-5H2,1-3H3. The van der Waals surface area contributed by atoms with Crippen LogP contribution in [0.4, 0.5) is 0 Å². The predicted octanol–water partition coefficient (Wildman–Crippen LogP) is 1.79. The number of hydrogen-bond donors (Lipinski definition) is 0. The normalized spacial score (nSPS) is 10.5. The van der Waals surface area contributed by atoms with E-state index >= 15 is 0 Å². The van der Waals surface area contributed by atoms with Gasteiger partial charge in [0.25, 0.3) is 0 Å². The molecule has 0 heterocycles. The van der Waals surface area contributed by atoms with Crippen molar-refractivity contribution < 1.29 is 9.53 Å². The van der Waals surface area contributed by atoms with Crippen LogP contribution in [-0.2, 0) is 9.53 Å². The van der Waals surface area contributed by atoms with E-state index in [9.17, 15) is 4.79 Å². The van der Waals surface area contributed by atoms with Gasteiger partial charge in [0.05, 0.1) is 6.61 Å². The summed E-state index contributed by atoms with van der Waals surface area (Å²) in [6.07, 6.45) is 0. The van der Waals surface area contributed by atoms with Crippen molar-refractivity contribution >= 4 is 17.7 Å². The second-order valence-corrected chi connectivity index (χ2v) is 4.08. The lowest BCUT2D eigenvalue weighted by Crippen LogP contribution is -2.23. The number of thioether (sulfide) groups is 1. The van der Waals surface area contributed by atoms with Crippen molar-refractivity contribution in [2.75, 3.05) is 12.4 Å². The fourth-order valence-electron chi connectivity index (χ4n) is 0.566. The zero-order chi connectivity index (χ0) is 9.61. The van der Waals surface area contributed by atoms with Gasteiger partial charge in [-0.25, -0.2) is 0 Å². The Kier molecular flexibility index (Phi) is 4.75. The minimum absolute atomic E-state index is 0.119. The van der Waals surface area contributed by atoms with Gasteiger partial charge in [-0.3, -0.25) is 4.79 Å². The quantitative estimate of drug-likeness (QED) is 0.497. The highest BCUT2D eigenvalue weighted by molar-refractivity contribution is 8.03. The number of rotatable bonds is 4. The molecule has 0 bridgehead atoms. The molecule has 0 aliphatic heterocycles. The zero-order valence-electron chi connectivity index (χ0n) is 7.59. The molecule has 0 aliphatic rings. The summed E-state index contributed by atoms with van der Waals surface area (Å²) in [6.45, 7) is 5.67. The number of nitriles is 1. The summed E-state index contributed by atoms with van der Waals surface area (Å²) in [5.74, 6) is 0.404. The fraction of sp³-hybridized carbons (Fsp3) is 0.750. The molecular formula is C8H13NO2S. The van der Waals surface area contributed by atoms with Crippen LogP contribution in [0.2, 0.25) is 0 Å². The highest BCUT2D eigenvalue weighted by Gasteiger charge is 2.19. The van der Waals surface area contributed by atoms with Crippen LogP contribution in [-0.4, -0.2) is 18.3 Å². The van der Waals surface area contributed by atoms with Gasteiger partial charge in [0.1, 0.15) is 5.40 Å². The van der Waals surface area contributed by atoms with Crippen molar-refractivity contribution in [3.63, 3.8) is 0 Å². The van der Waals surface area contributed by atoms with E-state index in [-0.39, 0.29) is 11.4 Å². The maximum Gasteiger partial charge on any atom is 0.302 e. The molecule has 0 rings (SSSR count). The molecule has 0 aromatic carbocycles. The molecule has 0 aromatic heterocycles. The van der Waals surface area contributed by atoms with E-state index in [1.165, 1.54) is 18.7 Å². The molecular weight excluding hydrogens is 174 g/mol. The van der Waals surface area contributed by atoms with Crippen molar-refractivity contribution in [2.45, 2.75) is 20.8 Å². The molecule has 0 N–H and O–H groups in total. The van der Waals surface area contributed by atoms with E-state index < -0.39 is 0 Å². The second-order valence-electron chi connectivity index (χ2n) is 3.32. The van der Waals surface area contributed by atoms with Crippen LogP contribution >= 0.6 is 11.8 Å². The van der Waals surface area contributed by atoms with Gasteiger partial charge < -0.3 is 4.74 Å². The van der Waals surface area contributed by atoms with Crippen LogP contribution in [0.25, 0.3) is 0 Å². The van der Waals surface area contributed by atoms with Gasteiger partial charge in [0, 0.05) is 18.1 Å². The maximum atomic E-state index is 10.5. The molecule has 0 aromatic rings. The summed E-state index contributed by atoms with van der Waals surface area (Å²) >= 11 is 1.18. The van der Waals surface area contributed by atoms with E-state index in [1.54, 1.807) is 0 Å². The van der Waals surface area contributed by atoms with Crippen molar-refractivity contribution in [1.82, 2.24) is 0 Å². The van der Waals surface area contributed by atoms with Crippen molar-refractivity contribution in [1.29, 1.82) is 5.26 Å². The van der Waals surface area contributed by atoms with Gasteiger partial charge in [-0.15, -0.1) is 0 Å². The third-order valence-electron chi connectivity index (χ3n) is 1.19. The van der Waals surface area contributed by atoms with Crippen LogP contribution in [0, 0.1) is 16.1 Å². The molecule has 0 atom stereocenters. The van der Waals surface area contributed by atoms with Crippen LogP contribution in [0.3, 0.4) is 0 Å². The largest absolute Gasteiger partial charge is 0.465 e. The Balaban J connectivity index is 3.72. The molecule has 12 heavy (non-hydrogen) atoms. The summed E-state index contributed by atoms with van der Waals surface area (Å²) in [7, 11) is 0. The number of thiocyanates is 1. The first-order chi connectivity index (χ1) is 5.48. The van der Waals surface area contributed by atoms with Crippen LogP contribution < -0.4 is 0 Å². The monoisotopic (exact) mass is 187 g/mol. The molecule has 0 fully saturated rings. The third-order valence-corrected chi connectivity index (χ3v) is 2.25. The van der Waals surface area contributed by atoms with Crippen LogP contribution in [0.1, 0.15) is 20.8 Å². The summed E-state index contributed by atoms with van der Waals surface area (Å²) in [5, 5.41) is 10.3. The Morgan fingerprint density at radius 3 is 2.67 bits per heavy atom. The van der Waals surface area contributed by atoms with E-state index in [0.29, 0.717) is 12.4 Å². The van der Waals surface area contributed by atoms with Crippen molar-refractivity contribution in [3.05, 3.63) is 0 Å². The number of esters is 1. The molecule has 0 aliphatic carbocycles. The smallest absolute Gasteiger partial charge is 0.302 e. The molecule has 68 valence electrons. The predicted molar refractivity (Wildman–Crippen MR) is 48.5 cm³/mol. The average molecular weight is 187 g/mol. The Bertz CT molecular complexity index is 196. The minimum atomic E-state index is -0.273. The number of carbonyl (C=O) groups is 1. The van der Waals surface area contributed by atoms with Crippen molar-refractivity contribution in [3.8, 4) is 5.40 Å². The maximum absolute atomic E-state index is 10.5.